The van der Waals surface area contributed by atoms with Crippen LogP contribution in [-0.4, -0.2) is 30.4 Å². The molecule has 6 nitrogen and oxygen atoms in total. The summed E-state index contributed by atoms with van der Waals surface area (Å²) in [6.45, 7) is 13.7. The number of rotatable bonds is 9. The Bertz CT molecular complexity index is 870. The van der Waals surface area contributed by atoms with Crippen molar-refractivity contribution >= 4 is 23.3 Å². The van der Waals surface area contributed by atoms with Gasteiger partial charge in [-0.2, -0.15) is 0 Å². The van der Waals surface area contributed by atoms with Crippen molar-refractivity contribution in [1.29, 1.82) is 0 Å². The lowest BCUT2D eigenvalue weighted by Gasteiger charge is -2.36. The predicted octanol–water partition coefficient (Wildman–Crippen LogP) is 5.82. The fourth-order valence-electron chi connectivity index (χ4n) is 4.83. The number of hydrogen-bond acceptors (Lipinski definition) is 5. The van der Waals surface area contributed by atoms with Gasteiger partial charge in [0.25, 0.3) is 0 Å². The first-order chi connectivity index (χ1) is 15.8. The molecule has 0 saturated heterocycles. The topological polar surface area (TPSA) is 81.7 Å². The minimum atomic E-state index is -0.599. The molecular weight excluding hydrogens is 430 g/mol. The van der Waals surface area contributed by atoms with Gasteiger partial charge in [0.2, 0.25) is 5.91 Å². The maximum atomic E-state index is 13.4. The first-order valence-electron chi connectivity index (χ1n) is 12.5. The summed E-state index contributed by atoms with van der Waals surface area (Å²) in [5, 5.41) is 2.93. The third kappa shape index (κ3) is 8.14. The third-order valence-corrected chi connectivity index (χ3v) is 6.72. The van der Waals surface area contributed by atoms with E-state index in [0.717, 1.165) is 18.4 Å². The molecule has 1 aromatic rings. The average Bonchev–Trinajstić information content (AvgIpc) is 2.72. The highest BCUT2D eigenvalue weighted by Crippen LogP contribution is 2.39. The van der Waals surface area contributed by atoms with Crippen LogP contribution < -0.4 is 10.1 Å². The Morgan fingerprint density at radius 1 is 1.12 bits per heavy atom. The summed E-state index contributed by atoms with van der Waals surface area (Å²) >= 11 is 0. The van der Waals surface area contributed by atoms with Gasteiger partial charge >= 0.3 is 5.97 Å². The zero-order valence-electron chi connectivity index (χ0n) is 22.2. The van der Waals surface area contributed by atoms with Crippen LogP contribution in [0.2, 0.25) is 0 Å². The minimum absolute atomic E-state index is 0.0165. The van der Waals surface area contributed by atoms with E-state index in [0.29, 0.717) is 29.2 Å². The van der Waals surface area contributed by atoms with Gasteiger partial charge in [0.05, 0.1) is 13.5 Å². The first-order valence-corrected chi connectivity index (χ1v) is 12.5. The van der Waals surface area contributed by atoms with E-state index in [1.165, 1.54) is 6.42 Å². The molecule has 1 aliphatic rings. The number of Topliss-reactive ketones (excluding diaryl/α,β-unsaturated/α-hetero) is 1. The zero-order valence-corrected chi connectivity index (χ0v) is 22.2. The second kappa shape index (κ2) is 11.9. The molecule has 34 heavy (non-hydrogen) atoms. The number of carbonyl (C=O) groups excluding carboxylic acids is 3. The molecule has 1 aromatic carbocycles. The van der Waals surface area contributed by atoms with E-state index in [9.17, 15) is 14.4 Å². The molecule has 0 unspecified atom stereocenters. The van der Waals surface area contributed by atoms with Gasteiger partial charge in [-0.1, -0.05) is 40.2 Å². The predicted molar refractivity (Wildman–Crippen MR) is 135 cm³/mol. The van der Waals surface area contributed by atoms with Crippen LogP contribution >= 0.6 is 0 Å². The summed E-state index contributed by atoms with van der Waals surface area (Å²) in [5.74, 6) is 0.994. The Morgan fingerprint density at radius 3 is 2.38 bits per heavy atom. The second-order valence-electron chi connectivity index (χ2n) is 11.3. The molecule has 0 aliphatic heterocycles. The highest BCUT2D eigenvalue weighted by molar-refractivity contribution is 5.96. The van der Waals surface area contributed by atoms with Gasteiger partial charge in [-0.25, -0.2) is 0 Å². The van der Waals surface area contributed by atoms with Crippen molar-refractivity contribution in [3.05, 3.63) is 23.8 Å². The van der Waals surface area contributed by atoms with Crippen LogP contribution in [0.1, 0.15) is 79.7 Å². The minimum Gasteiger partial charge on any atom is -0.497 e. The molecule has 1 aliphatic carbocycles. The Labute approximate surface area is 205 Å². The monoisotopic (exact) mass is 473 g/mol. The molecule has 0 aromatic heterocycles. The lowest BCUT2D eigenvalue weighted by atomic mass is 9.68. The molecule has 1 saturated carbocycles. The fourth-order valence-corrected chi connectivity index (χ4v) is 4.83. The van der Waals surface area contributed by atoms with Crippen molar-refractivity contribution < 1.29 is 23.9 Å². The number of amides is 1. The number of nitrogens with one attached hydrogen (secondary N) is 1. The maximum absolute atomic E-state index is 13.4. The maximum Gasteiger partial charge on any atom is 0.307 e. The lowest BCUT2D eigenvalue weighted by Crippen LogP contribution is -2.34. The van der Waals surface area contributed by atoms with Crippen LogP contribution in [0.25, 0.3) is 0 Å². The Hall–Kier alpha value is -2.37. The number of benzene rings is 1. The summed E-state index contributed by atoms with van der Waals surface area (Å²) in [5.41, 5.74) is 0.723. The molecule has 190 valence electrons. The Balaban J connectivity index is 2.17. The number of esters is 1. The van der Waals surface area contributed by atoms with E-state index < -0.39 is 17.5 Å². The van der Waals surface area contributed by atoms with Gasteiger partial charge in [-0.15, -0.1) is 0 Å². The molecule has 1 N–H and O–H groups in total. The van der Waals surface area contributed by atoms with Crippen LogP contribution in [-0.2, 0) is 25.5 Å². The van der Waals surface area contributed by atoms with Crippen molar-refractivity contribution in [3.63, 3.8) is 0 Å². The van der Waals surface area contributed by atoms with Crippen molar-refractivity contribution in [1.82, 2.24) is 0 Å². The molecule has 4 atom stereocenters. The standard InChI is InChI=1S/C28H43NO5/c1-17(2)22-12-9-18(3)13-23(22)25(30)15-20-10-11-21(33-8)16-24(20)29-27(32)19(4)14-26(31)34-28(5,6)7/h10-11,16-19,22-23H,9,12-15H2,1-8H3,(H,29,32)/t18-,19+,22+,23-/m1/s1. The van der Waals surface area contributed by atoms with E-state index in [-0.39, 0.29) is 30.4 Å². The van der Waals surface area contributed by atoms with Crippen LogP contribution in [0, 0.1) is 29.6 Å². The van der Waals surface area contributed by atoms with Gasteiger partial charge in [0, 0.05) is 30.0 Å². The Morgan fingerprint density at radius 2 is 1.79 bits per heavy atom. The molecule has 1 amide bonds. The van der Waals surface area contributed by atoms with Gasteiger partial charge in [0.15, 0.2) is 0 Å². The summed E-state index contributed by atoms with van der Waals surface area (Å²) < 4.78 is 10.7. The van der Waals surface area contributed by atoms with Crippen molar-refractivity contribution in [2.24, 2.45) is 29.6 Å². The fraction of sp³-hybridized carbons (Fsp3) is 0.679. The molecule has 2 rings (SSSR count). The Kier molecular flexibility index (Phi) is 9.72. The SMILES string of the molecule is COc1ccc(CC(=O)[C@@H]2C[C@H](C)CC[C@H]2C(C)C)c(NC(=O)[C@@H](C)CC(=O)OC(C)(C)C)c1. The summed E-state index contributed by atoms with van der Waals surface area (Å²) in [4.78, 5) is 38.5. The van der Waals surface area contributed by atoms with Gasteiger partial charge in [-0.3, -0.25) is 14.4 Å². The zero-order chi connectivity index (χ0) is 25.6. The number of anilines is 1. The van der Waals surface area contributed by atoms with Gasteiger partial charge in [0.1, 0.15) is 17.1 Å². The highest BCUT2D eigenvalue weighted by atomic mass is 16.6. The second-order valence-corrected chi connectivity index (χ2v) is 11.3. The normalized spacial score (nSPS) is 21.6. The largest absolute Gasteiger partial charge is 0.497 e. The first kappa shape index (κ1) is 27.9. The van der Waals surface area contributed by atoms with Crippen LogP contribution in [0.5, 0.6) is 5.75 Å². The number of methoxy groups -OCH3 is 1. The number of ether oxygens (including phenoxy) is 2. The highest BCUT2D eigenvalue weighted by Gasteiger charge is 2.35. The van der Waals surface area contributed by atoms with Crippen molar-refractivity contribution in [2.45, 2.75) is 86.2 Å². The van der Waals surface area contributed by atoms with E-state index >= 15 is 0 Å². The van der Waals surface area contributed by atoms with Crippen molar-refractivity contribution in [2.75, 3.05) is 12.4 Å². The summed E-state index contributed by atoms with van der Waals surface area (Å²) in [7, 11) is 1.56. The number of ketones is 1. The lowest BCUT2D eigenvalue weighted by molar-refractivity contribution is -0.156. The molecular formula is C28H43NO5. The van der Waals surface area contributed by atoms with Crippen molar-refractivity contribution in [3.8, 4) is 5.75 Å². The summed E-state index contributed by atoms with van der Waals surface area (Å²) in [6.07, 6.45) is 3.43. The van der Waals surface area contributed by atoms with E-state index in [4.69, 9.17) is 9.47 Å². The van der Waals surface area contributed by atoms with Gasteiger partial charge in [-0.05, 0) is 63.0 Å². The van der Waals surface area contributed by atoms with Gasteiger partial charge < -0.3 is 14.8 Å². The average molecular weight is 474 g/mol. The third-order valence-electron chi connectivity index (χ3n) is 6.72. The quantitative estimate of drug-likeness (QED) is 0.457. The number of hydrogen-bond donors (Lipinski definition) is 1. The smallest absolute Gasteiger partial charge is 0.307 e. The summed E-state index contributed by atoms with van der Waals surface area (Å²) in [6, 6.07) is 5.40. The number of carbonyl (C=O) groups is 3. The van der Waals surface area contributed by atoms with Crippen LogP contribution in [0.4, 0.5) is 5.69 Å². The van der Waals surface area contributed by atoms with E-state index in [1.54, 1.807) is 40.9 Å². The van der Waals surface area contributed by atoms with Crippen LogP contribution in [0.3, 0.4) is 0 Å². The van der Waals surface area contributed by atoms with E-state index in [2.05, 4.69) is 26.1 Å². The molecule has 0 radical (unpaired) electrons. The van der Waals surface area contributed by atoms with E-state index in [1.807, 2.05) is 12.1 Å². The van der Waals surface area contributed by atoms with Crippen LogP contribution in [0.15, 0.2) is 18.2 Å². The molecule has 0 bridgehead atoms. The molecule has 1 fully saturated rings. The molecule has 6 heteroatoms. The molecule has 0 spiro atoms. The molecule has 0 heterocycles.